The number of amides is 2. The first kappa shape index (κ1) is 31.8. The molecule has 0 saturated heterocycles. The van der Waals surface area contributed by atoms with Gasteiger partial charge in [0.1, 0.15) is 11.9 Å². The van der Waals surface area contributed by atoms with Crippen molar-refractivity contribution in [2.24, 2.45) is 0 Å². The second-order valence-electron chi connectivity index (χ2n) is 10.3. The first-order valence-corrected chi connectivity index (χ1v) is 15.8. The van der Waals surface area contributed by atoms with E-state index in [1.807, 2.05) is 50.2 Å². The summed E-state index contributed by atoms with van der Waals surface area (Å²) in [5.74, 6) is -0.921. The van der Waals surface area contributed by atoms with E-state index in [1.54, 1.807) is 35.2 Å². The third-order valence-electron chi connectivity index (χ3n) is 6.81. The van der Waals surface area contributed by atoms with Gasteiger partial charge in [0.15, 0.2) is 0 Å². The van der Waals surface area contributed by atoms with Crippen LogP contribution in [0.4, 0.5) is 10.1 Å². The van der Waals surface area contributed by atoms with Crippen LogP contribution >= 0.6 is 0 Å². The number of nitrogens with zero attached hydrogens (tertiary/aromatic N) is 2. The van der Waals surface area contributed by atoms with E-state index in [-0.39, 0.29) is 43.6 Å². The van der Waals surface area contributed by atoms with Gasteiger partial charge in [0, 0.05) is 32.5 Å². The number of anilines is 1. The van der Waals surface area contributed by atoms with Gasteiger partial charge in [-0.2, -0.15) is 0 Å². The van der Waals surface area contributed by atoms with Crippen molar-refractivity contribution in [1.82, 2.24) is 10.2 Å². The number of aryl methyl sites for hydroxylation is 1. The summed E-state index contributed by atoms with van der Waals surface area (Å²) in [5.41, 5.74) is 3.07. The van der Waals surface area contributed by atoms with Crippen LogP contribution in [0.3, 0.4) is 0 Å². The standard InChI is InChI=1S/C32H40FN3O4S/c1-4-5-20-34-32(38)30(23-26-12-7-6-8-13-26)35(24-27-16-18-28(33)19-17-27)31(37)15-10-21-36(41(3,39)40)29-14-9-11-25(2)22-29/h6-9,11-14,16-19,22,30H,4-5,10,15,20-21,23-24H2,1-3H3,(H,34,38). The summed E-state index contributed by atoms with van der Waals surface area (Å²) >= 11 is 0. The average Bonchev–Trinajstić information content (AvgIpc) is 2.94. The van der Waals surface area contributed by atoms with Gasteiger partial charge in [0.05, 0.1) is 11.9 Å². The molecule has 0 spiro atoms. The Kier molecular flexibility index (Phi) is 11.9. The lowest BCUT2D eigenvalue weighted by Crippen LogP contribution is -2.50. The lowest BCUT2D eigenvalue weighted by molar-refractivity contribution is -0.141. The Morgan fingerprint density at radius 3 is 2.27 bits per heavy atom. The highest BCUT2D eigenvalue weighted by Gasteiger charge is 2.30. The van der Waals surface area contributed by atoms with Gasteiger partial charge in [-0.25, -0.2) is 12.8 Å². The predicted octanol–water partition coefficient (Wildman–Crippen LogP) is 5.24. The van der Waals surface area contributed by atoms with Crippen LogP contribution in [0.2, 0.25) is 0 Å². The molecular formula is C32H40FN3O4S. The number of carbonyl (C=O) groups excluding carboxylic acids is 2. The maximum Gasteiger partial charge on any atom is 0.243 e. The van der Waals surface area contributed by atoms with E-state index >= 15 is 0 Å². The van der Waals surface area contributed by atoms with E-state index in [0.29, 0.717) is 24.2 Å². The zero-order valence-electron chi connectivity index (χ0n) is 24.1. The molecule has 1 N–H and O–H groups in total. The van der Waals surface area contributed by atoms with Crippen LogP contribution in [0.25, 0.3) is 0 Å². The van der Waals surface area contributed by atoms with Gasteiger partial charge >= 0.3 is 0 Å². The minimum atomic E-state index is -3.58. The molecule has 0 saturated carbocycles. The first-order valence-electron chi connectivity index (χ1n) is 14.0. The molecule has 0 bridgehead atoms. The Labute approximate surface area is 243 Å². The van der Waals surface area contributed by atoms with Crippen molar-refractivity contribution in [2.75, 3.05) is 23.7 Å². The Balaban J connectivity index is 1.86. The molecule has 1 atom stereocenters. The Bertz CT molecular complexity index is 1380. The number of carbonyl (C=O) groups is 2. The second-order valence-corrected chi connectivity index (χ2v) is 12.2. The molecule has 0 aliphatic rings. The summed E-state index contributed by atoms with van der Waals surface area (Å²) in [6.45, 7) is 4.66. The molecule has 3 aromatic carbocycles. The minimum Gasteiger partial charge on any atom is -0.354 e. The van der Waals surface area contributed by atoms with Crippen LogP contribution < -0.4 is 9.62 Å². The number of benzene rings is 3. The quantitative estimate of drug-likeness (QED) is 0.249. The van der Waals surface area contributed by atoms with Gasteiger partial charge < -0.3 is 10.2 Å². The predicted molar refractivity (Wildman–Crippen MR) is 161 cm³/mol. The number of hydrogen-bond donors (Lipinski definition) is 1. The fraction of sp³-hybridized carbons (Fsp3) is 0.375. The van der Waals surface area contributed by atoms with Crippen molar-refractivity contribution < 1.29 is 22.4 Å². The Hall–Kier alpha value is -3.72. The summed E-state index contributed by atoms with van der Waals surface area (Å²) in [5, 5.41) is 2.97. The summed E-state index contributed by atoms with van der Waals surface area (Å²) < 4.78 is 40.1. The van der Waals surface area contributed by atoms with Crippen LogP contribution in [-0.4, -0.2) is 50.5 Å². The van der Waals surface area contributed by atoms with Crippen molar-refractivity contribution in [3.05, 3.63) is 101 Å². The fourth-order valence-corrected chi connectivity index (χ4v) is 5.59. The molecular weight excluding hydrogens is 541 g/mol. The number of rotatable bonds is 15. The molecule has 1 unspecified atom stereocenters. The summed E-state index contributed by atoms with van der Waals surface area (Å²) in [4.78, 5) is 28.8. The molecule has 0 radical (unpaired) electrons. The lowest BCUT2D eigenvalue weighted by Gasteiger charge is -2.32. The fourth-order valence-electron chi connectivity index (χ4n) is 4.63. The number of nitrogens with one attached hydrogen (secondary N) is 1. The van der Waals surface area contributed by atoms with Gasteiger partial charge in [0.25, 0.3) is 0 Å². The largest absolute Gasteiger partial charge is 0.354 e. The van der Waals surface area contributed by atoms with Gasteiger partial charge in [-0.05, 0) is 60.7 Å². The van der Waals surface area contributed by atoms with Crippen LogP contribution in [0, 0.1) is 12.7 Å². The maximum atomic E-state index is 13.8. The van der Waals surface area contributed by atoms with Gasteiger partial charge in [0.2, 0.25) is 21.8 Å². The molecule has 220 valence electrons. The Morgan fingerprint density at radius 1 is 0.927 bits per heavy atom. The molecule has 9 heteroatoms. The first-order chi connectivity index (χ1) is 19.6. The SMILES string of the molecule is CCCCNC(=O)C(Cc1ccccc1)N(Cc1ccc(F)cc1)C(=O)CCCN(c1cccc(C)c1)S(C)(=O)=O. The zero-order chi connectivity index (χ0) is 29.8. The van der Waals surface area contributed by atoms with E-state index in [0.717, 1.165) is 30.2 Å². The normalized spacial score (nSPS) is 12.0. The van der Waals surface area contributed by atoms with Gasteiger partial charge in [-0.1, -0.05) is 67.9 Å². The van der Waals surface area contributed by atoms with Crippen molar-refractivity contribution in [3.63, 3.8) is 0 Å². The highest BCUT2D eigenvalue weighted by molar-refractivity contribution is 7.92. The van der Waals surface area contributed by atoms with Crippen LogP contribution in [-0.2, 0) is 32.6 Å². The topological polar surface area (TPSA) is 86.8 Å². The molecule has 3 aromatic rings. The number of halogens is 1. The molecule has 7 nitrogen and oxygen atoms in total. The number of hydrogen-bond acceptors (Lipinski definition) is 4. The summed E-state index contributed by atoms with van der Waals surface area (Å²) in [7, 11) is -3.58. The van der Waals surface area contributed by atoms with E-state index in [9.17, 15) is 22.4 Å². The van der Waals surface area contributed by atoms with Crippen molar-refractivity contribution in [2.45, 2.75) is 58.5 Å². The van der Waals surface area contributed by atoms with E-state index < -0.39 is 16.1 Å². The van der Waals surface area contributed by atoms with Crippen LogP contribution in [0.15, 0.2) is 78.9 Å². The molecule has 3 rings (SSSR count). The molecule has 0 aromatic heterocycles. The Morgan fingerprint density at radius 2 is 1.63 bits per heavy atom. The summed E-state index contributed by atoms with van der Waals surface area (Å²) in [6, 6.07) is 21.8. The second kappa shape index (κ2) is 15.3. The third-order valence-corrected chi connectivity index (χ3v) is 8.00. The molecule has 0 heterocycles. The van der Waals surface area contributed by atoms with Gasteiger partial charge in [-0.3, -0.25) is 13.9 Å². The zero-order valence-corrected chi connectivity index (χ0v) is 24.9. The van der Waals surface area contributed by atoms with E-state index in [4.69, 9.17) is 0 Å². The van der Waals surface area contributed by atoms with Gasteiger partial charge in [-0.15, -0.1) is 0 Å². The highest BCUT2D eigenvalue weighted by atomic mass is 32.2. The van der Waals surface area contributed by atoms with E-state index in [1.165, 1.54) is 16.4 Å². The summed E-state index contributed by atoms with van der Waals surface area (Å²) in [6.07, 6.45) is 3.48. The number of unbranched alkanes of at least 4 members (excludes halogenated alkanes) is 1. The maximum absolute atomic E-state index is 13.8. The van der Waals surface area contributed by atoms with Crippen molar-refractivity contribution in [1.29, 1.82) is 0 Å². The average molecular weight is 582 g/mol. The third kappa shape index (κ3) is 10.0. The van der Waals surface area contributed by atoms with Crippen molar-refractivity contribution >= 4 is 27.5 Å². The monoisotopic (exact) mass is 581 g/mol. The van der Waals surface area contributed by atoms with Crippen LogP contribution in [0.5, 0.6) is 0 Å². The molecule has 0 fully saturated rings. The smallest absolute Gasteiger partial charge is 0.243 e. The lowest BCUT2D eigenvalue weighted by atomic mass is 10.0. The van der Waals surface area contributed by atoms with Crippen LogP contribution in [0.1, 0.15) is 49.3 Å². The molecule has 2 amide bonds. The van der Waals surface area contributed by atoms with E-state index in [2.05, 4.69) is 5.32 Å². The van der Waals surface area contributed by atoms with Crippen molar-refractivity contribution in [3.8, 4) is 0 Å². The number of sulfonamides is 1. The highest BCUT2D eigenvalue weighted by Crippen LogP contribution is 2.21. The minimum absolute atomic E-state index is 0.0343. The molecule has 0 aliphatic heterocycles. The molecule has 41 heavy (non-hydrogen) atoms. The molecule has 0 aliphatic carbocycles.